The molecule has 0 bridgehead atoms. The first kappa shape index (κ1) is 12.0. The van der Waals surface area contributed by atoms with Crippen molar-refractivity contribution < 1.29 is 4.74 Å². The summed E-state index contributed by atoms with van der Waals surface area (Å²) >= 11 is 0. The Labute approximate surface area is 77.5 Å². The molecule has 0 fully saturated rings. The minimum Gasteiger partial charge on any atom is -0.379 e. The molecular formula is C11H24O. The lowest BCUT2D eigenvalue weighted by molar-refractivity contribution is 0.0728. The molecule has 0 saturated carbocycles. The lowest BCUT2D eigenvalue weighted by Gasteiger charge is -2.15. The first-order valence-corrected chi connectivity index (χ1v) is 5.15. The van der Waals surface area contributed by atoms with E-state index in [-0.39, 0.29) is 0 Å². The van der Waals surface area contributed by atoms with Crippen LogP contribution in [0.1, 0.15) is 47.5 Å². The molecule has 1 heteroatoms. The monoisotopic (exact) mass is 172 g/mol. The van der Waals surface area contributed by atoms with Crippen LogP contribution in [-0.4, -0.2) is 12.7 Å². The van der Waals surface area contributed by atoms with Crippen molar-refractivity contribution in [2.24, 2.45) is 11.8 Å². The predicted molar refractivity (Wildman–Crippen MR) is 54.3 cm³/mol. The Hall–Kier alpha value is -0.0400. The van der Waals surface area contributed by atoms with Gasteiger partial charge in [-0.05, 0) is 38.5 Å². The van der Waals surface area contributed by atoms with E-state index in [0.717, 1.165) is 18.4 Å². The Morgan fingerprint density at radius 3 is 2.00 bits per heavy atom. The summed E-state index contributed by atoms with van der Waals surface area (Å²) in [5, 5.41) is 0. The van der Waals surface area contributed by atoms with Gasteiger partial charge in [-0.2, -0.15) is 0 Å². The topological polar surface area (TPSA) is 9.23 Å². The fourth-order valence-electron chi connectivity index (χ4n) is 1.06. The zero-order valence-corrected chi connectivity index (χ0v) is 9.26. The zero-order chi connectivity index (χ0) is 9.56. The van der Waals surface area contributed by atoms with E-state index in [1.54, 1.807) is 0 Å². The summed E-state index contributed by atoms with van der Waals surface area (Å²) in [5.41, 5.74) is 0. The fourth-order valence-corrected chi connectivity index (χ4v) is 1.06. The van der Waals surface area contributed by atoms with Gasteiger partial charge in [-0.1, -0.05) is 20.8 Å². The third-order valence-electron chi connectivity index (χ3n) is 2.39. The molecule has 0 spiro atoms. The summed E-state index contributed by atoms with van der Waals surface area (Å²) in [5.74, 6) is 1.64. The molecule has 0 aliphatic carbocycles. The van der Waals surface area contributed by atoms with Gasteiger partial charge >= 0.3 is 0 Å². The van der Waals surface area contributed by atoms with Crippen LogP contribution in [0.25, 0.3) is 0 Å². The zero-order valence-electron chi connectivity index (χ0n) is 9.26. The van der Waals surface area contributed by atoms with E-state index in [0.29, 0.717) is 6.10 Å². The van der Waals surface area contributed by atoms with Gasteiger partial charge in [-0.15, -0.1) is 0 Å². The van der Waals surface area contributed by atoms with Crippen LogP contribution in [0, 0.1) is 11.8 Å². The van der Waals surface area contributed by atoms with Crippen molar-refractivity contribution in [1.82, 2.24) is 0 Å². The van der Waals surface area contributed by atoms with Gasteiger partial charge in [0.2, 0.25) is 0 Å². The molecule has 0 saturated heterocycles. The van der Waals surface area contributed by atoms with Crippen molar-refractivity contribution in [3.8, 4) is 0 Å². The maximum atomic E-state index is 5.47. The van der Waals surface area contributed by atoms with Gasteiger partial charge in [0, 0.05) is 6.61 Å². The lowest BCUT2D eigenvalue weighted by Crippen LogP contribution is -2.08. The molecule has 0 aromatic carbocycles. The van der Waals surface area contributed by atoms with E-state index >= 15 is 0 Å². The Kier molecular flexibility index (Phi) is 6.45. The van der Waals surface area contributed by atoms with Crippen molar-refractivity contribution >= 4 is 0 Å². The van der Waals surface area contributed by atoms with Crippen molar-refractivity contribution in [2.45, 2.75) is 53.6 Å². The third-order valence-corrected chi connectivity index (χ3v) is 2.39. The Balaban J connectivity index is 3.20. The van der Waals surface area contributed by atoms with Gasteiger partial charge in [0.1, 0.15) is 0 Å². The summed E-state index contributed by atoms with van der Waals surface area (Å²) < 4.78 is 5.47. The summed E-state index contributed by atoms with van der Waals surface area (Å²) in [4.78, 5) is 0. The van der Waals surface area contributed by atoms with Crippen LogP contribution in [0.4, 0.5) is 0 Å². The highest BCUT2D eigenvalue weighted by Crippen LogP contribution is 2.15. The largest absolute Gasteiger partial charge is 0.379 e. The average molecular weight is 172 g/mol. The molecule has 0 heterocycles. The molecule has 12 heavy (non-hydrogen) atoms. The summed E-state index contributed by atoms with van der Waals surface area (Å²) in [6.45, 7) is 12.0. The standard InChI is InChI=1S/C11H24O/c1-9(2)11(5)7-6-8-12-10(3)4/h9-11H,6-8H2,1-5H3/t11-/m1/s1. The first-order valence-electron chi connectivity index (χ1n) is 5.15. The van der Waals surface area contributed by atoms with Crippen LogP contribution in [-0.2, 0) is 4.74 Å². The maximum absolute atomic E-state index is 5.47. The smallest absolute Gasteiger partial charge is 0.0518 e. The van der Waals surface area contributed by atoms with E-state index in [9.17, 15) is 0 Å². The molecule has 0 aromatic heterocycles. The van der Waals surface area contributed by atoms with Crippen LogP contribution in [0.3, 0.4) is 0 Å². The Morgan fingerprint density at radius 1 is 1.00 bits per heavy atom. The first-order chi connectivity index (χ1) is 5.54. The van der Waals surface area contributed by atoms with E-state index in [1.807, 2.05) is 0 Å². The van der Waals surface area contributed by atoms with Crippen LogP contribution >= 0.6 is 0 Å². The minimum atomic E-state index is 0.388. The van der Waals surface area contributed by atoms with E-state index < -0.39 is 0 Å². The van der Waals surface area contributed by atoms with Crippen LogP contribution in [0.2, 0.25) is 0 Å². The van der Waals surface area contributed by atoms with Gasteiger partial charge in [0.05, 0.1) is 6.10 Å². The molecule has 74 valence electrons. The summed E-state index contributed by atoms with van der Waals surface area (Å²) in [6, 6.07) is 0. The highest BCUT2D eigenvalue weighted by atomic mass is 16.5. The van der Waals surface area contributed by atoms with Gasteiger partial charge < -0.3 is 4.74 Å². The van der Waals surface area contributed by atoms with Crippen LogP contribution in [0.15, 0.2) is 0 Å². The number of hydrogen-bond acceptors (Lipinski definition) is 1. The highest BCUT2D eigenvalue weighted by Gasteiger charge is 2.06. The van der Waals surface area contributed by atoms with Gasteiger partial charge in [-0.25, -0.2) is 0 Å². The van der Waals surface area contributed by atoms with Crippen LogP contribution < -0.4 is 0 Å². The van der Waals surface area contributed by atoms with E-state index in [1.165, 1.54) is 12.8 Å². The fraction of sp³-hybridized carbons (Fsp3) is 1.00. The molecule has 0 N–H and O–H groups in total. The van der Waals surface area contributed by atoms with E-state index in [2.05, 4.69) is 34.6 Å². The quantitative estimate of drug-likeness (QED) is 0.557. The molecular weight excluding hydrogens is 148 g/mol. The predicted octanol–water partition coefficient (Wildman–Crippen LogP) is 3.48. The SMILES string of the molecule is CC(C)OCCC[C@@H](C)C(C)C. The minimum absolute atomic E-state index is 0.388. The van der Waals surface area contributed by atoms with Crippen molar-refractivity contribution in [3.05, 3.63) is 0 Å². The van der Waals surface area contributed by atoms with Gasteiger partial charge in [-0.3, -0.25) is 0 Å². The second-order valence-corrected chi connectivity index (χ2v) is 4.28. The van der Waals surface area contributed by atoms with Crippen molar-refractivity contribution in [3.63, 3.8) is 0 Å². The maximum Gasteiger partial charge on any atom is 0.0518 e. The lowest BCUT2D eigenvalue weighted by atomic mass is 9.93. The second-order valence-electron chi connectivity index (χ2n) is 4.28. The Bertz CT molecular complexity index is 97.2. The molecule has 0 rings (SSSR count). The molecule has 0 amide bonds. The number of rotatable bonds is 6. The average Bonchev–Trinajstić information content (AvgIpc) is 1.97. The third kappa shape index (κ3) is 6.66. The summed E-state index contributed by atoms with van der Waals surface area (Å²) in [6.07, 6.45) is 2.89. The van der Waals surface area contributed by atoms with Crippen LogP contribution in [0.5, 0.6) is 0 Å². The molecule has 1 atom stereocenters. The van der Waals surface area contributed by atoms with Gasteiger partial charge in [0.15, 0.2) is 0 Å². The normalized spacial score (nSPS) is 14.2. The van der Waals surface area contributed by atoms with E-state index in [4.69, 9.17) is 4.74 Å². The summed E-state index contributed by atoms with van der Waals surface area (Å²) in [7, 11) is 0. The molecule has 0 aliphatic rings. The molecule has 0 unspecified atom stereocenters. The number of ether oxygens (including phenoxy) is 1. The Morgan fingerprint density at radius 2 is 1.58 bits per heavy atom. The molecule has 0 aromatic rings. The van der Waals surface area contributed by atoms with Crippen molar-refractivity contribution in [1.29, 1.82) is 0 Å². The molecule has 0 radical (unpaired) electrons. The number of hydrogen-bond donors (Lipinski definition) is 0. The van der Waals surface area contributed by atoms with Crippen molar-refractivity contribution in [2.75, 3.05) is 6.61 Å². The second kappa shape index (κ2) is 6.47. The molecule has 0 aliphatic heterocycles. The highest BCUT2D eigenvalue weighted by molar-refractivity contribution is 4.56. The van der Waals surface area contributed by atoms with Gasteiger partial charge in [0.25, 0.3) is 0 Å². The molecule has 1 nitrogen and oxygen atoms in total.